The molecule has 0 bridgehead atoms. The van der Waals surface area contributed by atoms with E-state index in [1.807, 2.05) is 12.1 Å². The summed E-state index contributed by atoms with van der Waals surface area (Å²) in [6.07, 6.45) is -3.97. The average Bonchev–Trinajstić information content (AvgIpc) is 2.84. The summed E-state index contributed by atoms with van der Waals surface area (Å²) in [5, 5.41) is 5.23. The summed E-state index contributed by atoms with van der Waals surface area (Å²) in [5.41, 5.74) is -0.213. The number of rotatable bonds is 8. The quantitative estimate of drug-likeness (QED) is 0.589. The zero-order chi connectivity index (χ0) is 25.4. The van der Waals surface area contributed by atoms with Crippen LogP contribution in [0.1, 0.15) is 11.1 Å². The largest absolute Gasteiger partial charge is 0.497 e. The van der Waals surface area contributed by atoms with Crippen LogP contribution in [-0.4, -0.2) is 75.2 Å². The first-order chi connectivity index (χ1) is 16.7. The first kappa shape index (κ1) is 26.1. The fraction of sp³-hybridized carbons (Fsp3) is 0.417. The molecule has 0 aromatic heterocycles. The van der Waals surface area contributed by atoms with E-state index in [2.05, 4.69) is 10.6 Å². The first-order valence-corrected chi connectivity index (χ1v) is 11.1. The normalized spacial score (nSPS) is 14.4. The van der Waals surface area contributed by atoms with Crippen LogP contribution in [0.4, 0.5) is 23.7 Å². The summed E-state index contributed by atoms with van der Waals surface area (Å²) < 4.78 is 49.9. The molecule has 0 spiro atoms. The second-order valence-electron chi connectivity index (χ2n) is 8.01. The lowest BCUT2D eigenvalue weighted by Gasteiger charge is -2.34. The molecule has 35 heavy (non-hydrogen) atoms. The number of methoxy groups -OCH3 is 2. The van der Waals surface area contributed by atoms with Gasteiger partial charge in [0.1, 0.15) is 11.5 Å². The molecule has 8 nitrogen and oxygen atoms in total. The third kappa shape index (κ3) is 7.25. The molecule has 0 atom stereocenters. The number of alkyl halides is 3. The highest BCUT2D eigenvalue weighted by Gasteiger charge is 2.33. The number of amides is 3. The van der Waals surface area contributed by atoms with Crippen LogP contribution in [0.3, 0.4) is 0 Å². The number of hydrogen-bond acceptors (Lipinski definition) is 5. The number of urea groups is 1. The Morgan fingerprint density at radius 2 is 1.71 bits per heavy atom. The molecule has 2 aromatic rings. The fourth-order valence-corrected chi connectivity index (χ4v) is 3.82. The minimum atomic E-state index is -4.55. The Morgan fingerprint density at radius 1 is 1.00 bits per heavy atom. The Labute approximate surface area is 202 Å². The average molecular weight is 495 g/mol. The van der Waals surface area contributed by atoms with Gasteiger partial charge in [0.2, 0.25) is 5.91 Å². The van der Waals surface area contributed by atoms with E-state index in [4.69, 9.17) is 9.47 Å². The predicted octanol–water partition coefficient (Wildman–Crippen LogP) is 3.23. The van der Waals surface area contributed by atoms with Crippen molar-refractivity contribution >= 4 is 17.6 Å². The van der Waals surface area contributed by atoms with Crippen molar-refractivity contribution in [2.24, 2.45) is 0 Å². The number of nitrogens with one attached hydrogen (secondary N) is 2. The Kier molecular flexibility index (Phi) is 8.80. The van der Waals surface area contributed by atoms with Crippen molar-refractivity contribution in [2.75, 3.05) is 58.8 Å². The maximum atomic E-state index is 13.1. The number of para-hydroxylation sites is 1. The molecular weight excluding hydrogens is 465 g/mol. The molecule has 3 rings (SSSR count). The number of halogens is 3. The number of ether oxygens (including phenoxy) is 2. The van der Waals surface area contributed by atoms with Crippen molar-refractivity contribution in [2.45, 2.75) is 12.6 Å². The van der Waals surface area contributed by atoms with Gasteiger partial charge in [0.15, 0.2) is 0 Å². The SMILES string of the molecule is COc1ccc(CCNC(=O)N2CCN(CC(=O)Nc3ccccc3C(F)(F)F)CC2)c(OC)c1. The van der Waals surface area contributed by atoms with Crippen LogP contribution in [0.15, 0.2) is 42.5 Å². The van der Waals surface area contributed by atoms with Crippen molar-refractivity contribution < 1.29 is 32.2 Å². The number of anilines is 1. The number of hydrogen-bond donors (Lipinski definition) is 2. The van der Waals surface area contributed by atoms with Gasteiger partial charge in [-0.1, -0.05) is 18.2 Å². The fourth-order valence-electron chi connectivity index (χ4n) is 3.82. The van der Waals surface area contributed by atoms with Crippen molar-refractivity contribution in [3.05, 3.63) is 53.6 Å². The highest BCUT2D eigenvalue weighted by Crippen LogP contribution is 2.34. The molecule has 3 amide bonds. The van der Waals surface area contributed by atoms with Gasteiger partial charge in [-0.25, -0.2) is 4.79 Å². The molecule has 11 heteroatoms. The maximum absolute atomic E-state index is 13.1. The van der Waals surface area contributed by atoms with Crippen LogP contribution >= 0.6 is 0 Å². The lowest BCUT2D eigenvalue weighted by Crippen LogP contribution is -2.53. The number of piperazine rings is 1. The van der Waals surface area contributed by atoms with Gasteiger partial charge in [-0.05, 0) is 30.2 Å². The zero-order valence-electron chi connectivity index (χ0n) is 19.7. The Balaban J connectivity index is 1.42. The Bertz CT molecular complexity index is 1020. The van der Waals surface area contributed by atoms with Gasteiger partial charge < -0.3 is 25.0 Å². The summed E-state index contributed by atoms with van der Waals surface area (Å²) >= 11 is 0. The van der Waals surface area contributed by atoms with Gasteiger partial charge in [0, 0.05) is 38.8 Å². The van der Waals surface area contributed by atoms with Crippen LogP contribution < -0.4 is 20.1 Å². The zero-order valence-corrected chi connectivity index (χ0v) is 19.7. The molecule has 0 radical (unpaired) electrons. The molecule has 2 N–H and O–H groups in total. The van der Waals surface area contributed by atoms with Crippen LogP contribution in [0.25, 0.3) is 0 Å². The summed E-state index contributed by atoms with van der Waals surface area (Å²) in [4.78, 5) is 28.3. The summed E-state index contributed by atoms with van der Waals surface area (Å²) in [6.45, 7) is 2.05. The Hall–Kier alpha value is -3.47. The van der Waals surface area contributed by atoms with Crippen molar-refractivity contribution in [1.29, 1.82) is 0 Å². The van der Waals surface area contributed by atoms with Crippen molar-refractivity contribution in [3.8, 4) is 11.5 Å². The summed E-state index contributed by atoms with van der Waals surface area (Å²) in [5.74, 6) is 0.835. The highest BCUT2D eigenvalue weighted by atomic mass is 19.4. The second kappa shape index (κ2) is 11.8. The number of carbonyl (C=O) groups excluding carboxylic acids is 2. The van der Waals surface area contributed by atoms with Gasteiger partial charge in [-0.15, -0.1) is 0 Å². The van der Waals surface area contributed by atoms with Crippen molar-refractivity contribution in [1.82, 2.24) is 15.1 Å². The summed E-state index contributed by atoms with van der Waals surface area (Å²) in [6, 6.07) is 10.2. The molecular formula is C24H29F3N4O4. The molecule has 1 saturated heterocycles. The molecule has 1 heterocycles. The molecule has 190 valence electrons. The molecule has 2 aromatic carbocycles. The van der Waals surface area contributed by atoms with Crippen LogP contribution in [0.5, 0.6) is 11.5 Å². The van der Waals surface area contributed by atoms with Gasteiger partial charge in [0.05, 0.1) is 32.0 Å². The smallest absolute Gasteiger partial charge is 0.418 e. The topological polar surface area (TPSA) is 83.1 Å². The van der Waals surface area contributed by atoms with Gasteiger partial charge in [0.25, 0.3) is 0 Å². The Morgan fingerprint density at radius 3 is 2.37 bits per heavy atom. The van der Waals surface area contributed by atoms with Gasteiger partial charge in [-0.3, -0.25) is 9.69 Å². The van der Waals surface area contributed by atoms with Crippen LogP contribution in [0.2, 0.25) is 0 Å². The second-order valence-corrected chi connectivity index (χ2v) is 8.01. The predicted molar refractivity (Wildman–Crippen MR) is 125 cm³/mol. The van der Waals surface area contributed by atoms with E-state index >= 15 is 0 Å². The molecule has 0 saturated carbocycles. The van der Waals surface area contributed by atoms with Gasteiger partial charge in [-0.2, -0.15) is 13.2 Å². The molecule has 0 aliphatic carbocycles. The molecule has 1 aliphatic rings. The molecule has 1 fully saturated rings. The molecule has 0 unspecified atom stereocenters. The van der Waals surface area contributed by atoms with E-state index in [1.165, 1.54) is 18.2 Å². The highest BCUT2D eigenvalue weighted by molar-refractivity contribution is 5.93. The minimum Gasteiger partial charge on any atom is -0.497 e. The minimum absolute atomic E-state index is 0.0566. The third-order valence-corrected chi connectivity index (χ3v) is 5.70. The first-order valence-electron chi connectivity index (χ1n) is 11.1. The van der Waals surface area contributed by atoms with Crippen molar-refractivity contribution in [3.63, 3.8) is 0 Å². The lowest BCUT2D eigenvalue weighted by atomic mass is 10.1. The van der Waals surface area contributed by atoms with Crippen LogP contribution in [-0.2, 0) is 17.4 Å². The number of carbonyl (C=O) groups is 2. The maximum Gasteiger partial charge on any atom is 0.418 e. The van der Waals surface area contributed by atoms with E-state index in [0.717, 1.165) is 11.6 Å². The van der Waals surface area contributed by atoms with E-state index in [0.29, 0.717) is 50.6 Å². The van der Waals surface area contributed by atoms with E-state index in [-0.39, 0.29) is 18.3 Å². The standard InChI is InChI=1S/C24H29F3N4O4/c1-34-18-8-7-17(21(15-18)35-2)9-10-28-23(33)31-13-11-30(12-14-31)16-22(32)29-20-6-4-3-5-19(20)24(25,26)27/h3-8,15H,9-14,16H2,1-2H3,(H,28,33)(H,29,32). The lowest BCUT2D eigenvalue weighted by molar-refractivity contribution is -0.137. The monoisotopic (exact) mass is 494 g/mol. The summed E-state index contributed by atoms with van der Waals surface area (Å²) in [7, 11) is 3.15. The van der Waals surface area contributed by atoms with E-state index < -0.39 is 17.6 Å². The number of nitrogens with zero attached hydrogens (tertiary/aromatic N) is 2. The van der Waals surface area contributed by atoms with Crippen LogP contribution in [0, 0.1) is 0 Å². The molecule has 1 aliphatic heterocycles. The van der Waals surface area contributed by atoms with E-state index in [9.17, 15) is 22.8 Å². The van der Waals surface area contributed by atoms with Gasteiger partial charge >= 0.3 is 12.2 Å². The van der Waals surface area contributed by atoms with E-state index in [1.54, 1.807) is 30.1 Å². The number of benzene rings is 2. The third-order valence-electron chi connectivity index (χ3n) is 5.70.